The molecular weight excluding hydrogens is 220 g/mol. The van der Waals surface area contributed by atoms with Gasteiger partial charge in [0.05, 0.1) is 6.42 Å². The summed E-state index contributed by atoms with van der Waals surface area (Å²) in [6.45, 7) is 5.34. The van der Waals surface area contributed by atoms with E-state index in [1.165, 1.54) is 0 Å². The van der Waals surface area contributed by atoms with E-state index in [0.717, 1.165) is 4.31 Å². The molecule has 0 atom stereocenters. The number of hydrogen-bond donors (Lipinski definition) is 2. The van der Waals surface area contributed by atoms with Crippen molar-refractivity contribution >= 4 is 16.2 Å². The summed E-state index contributed by atoms with van der Waals surface area (Å²) in [7, 11) is -3.55. The van der Waals surface area contributed by atoms with Crippen LogP contribution in [-0.2, 0) is 15.0 Å². The molecule has 0 aliphatic heterocycles. The van der Waals surface area contributed by atoms with Gasteiger partial charge >= 0.3 is 5.97 Å². The van der Waals surface area contributed by atoms with Crippen molar-refractivity contribution < 1.29 is 18.3 Å². The van der Waals surface area contributed by atoms with Crippen molar-refractivity contribution in [1.29, 1.82) is 0 Å². The van der Waals surface area contributed by atoms with E-state index in [4.69, 9.17) is 5.11 Å². The molecule has 0 saturated carbocycles. The monoisotopic (exact) mass is 238 g/mol. The highest BCUT2D eigenvalue weighted by Gasteiger charge is 2.21. The summed E-state index contributed by atoms with van der Waals surface area (Å²) in [6, 6.07) is -0.200. The van der Waals surface area contributed by atoms with Crippen molar-refractivity contribution in [3.63, 3.8) is 0 Å². The van der Waals surface area contributed by atoms with Crippen LogP contribution in [0.15, 0.2) is 0 Å². The van der Waals surface area contributed by atoms with Gasteiger partial charge in [0.1, 0.15) is 0 Å². The number of hydrogen-bond acceptors (Lipinski definition) is 3. The topological polar surface area (TPSA) is 86.7 Å². The van der Waals surface area contributed by atoms with Gasteiger partial charge in [-0.15, -0.1) is 0 Å². The number of nitrogens with zero attached hydrogens (tertiary/aromatic N) is 1. The van der Waals surface area contributed by atoms with E-state index in [2.05, 4.69) is 4.72 Å². The summed E-state index contributed by atoms with van der Waals surface area (Å²) in [5, 5.41) is 8.46. The van der Waals surface area contributed by atoms with Crippen molar-refractivity contribution in [3.8, 4) is 0 Å². The van der Waals surface area contributed by atoms with Gasteiger partial charge in [0.25, 0.3) is 10.2 Å². The summed E-state index contributed by atoms with van der Waals surface area (Å²) >= 11 is 0. The number of carboxylic acids is 1. The Hall–Kier alpha value is -0.660. The third kappa shape index (κ3) is 5.71. The number of aliphatic carboxylic acids is 1. The predicted octanol–water partition coefficient (Wildman–Crippen LogP) is 0.0258. The normalized spacial score (nSPS) is 12.3. The molecule has 0 aromatic carbocycles. The SMILES string of the molecule is CCN(CCC(=O)O)S(=O)(=O)NC(C)C. The van der Waals surface area contributed by atoms with Crippen LogP contribution in [-0.4, -0.2) is 42.9 Å². The van der Waals surface area contributed by atoms with Gasteiger partial charge in [0.2, 0.25) is 0 Å². The van der Waals surface area contributed by atoms with Gasteiger partial charge in [-0.2, -0.15) is 17.4 Å². The first-order valence-electron chi connectivity index (χ1n) is 4.78. The van der Waals surface area contributed by atoms with E-state index >= 15 is 0 Å². The number of carboxylic acid groups (broad SMARTS) is 1. The molecule has 0 saturated heterocycles. The Morgan fingerprint density at radius 2 is 2.00 bits per heavy atom. The van der Waals surface area contributed by atoms with Gasteiger partial charge in [-0.05, 0) is 13.8 Å². The summed E-state index contributed by atoms with van der Waals surface area (Å²) < 4.78 is 26.7. The van der Waals surface area contributed by atoms with Gasteiger partial charge in [0, 0.05) is 19.1 Å². The standard InChI is InChI=1S/C8H18N2O4S/c1-4-10(6-5-8(11)12)15(13,14)9-7(2)3/h7,9H,4-6H2,1-3H3,(H,11,12). The van der Waals surface area contributed by atoms with Crippen molar-refractivity contribution in [2.45, 2.75) is 33.2 Å². The zero-order chi connectivity index (χ0) is 12.1. The van der Waals surface area contributed by atoms with E-state index in [1.54, 1.807) is 20.8 Å². The Bertz CT molecular complexity index is 300. The third-order valence-electron chi connectivity index (χ3n) is 1.65. The van der Waals surface area contributed by atoms with Gasteiger partial charge < -0.3 is 5.11 Å². The molecule has 15 heavy (non-hydrogen) atoms. The molecule has 0 radical (unpaired) electrons. The Balaban J connectivity index is 4.45. The lowest BCUT2D eigenvalue weighted by Crippen LogP contribution is -2.44. The molecule has 0 aliphatic rings. The van der Waals surface area contributed by atoms with Crippen LogP contribution in [0.2, 0.25) is 0 Å². The second kappa shape index (κ2) is 6.04. The number of rotatable bonds is 7. The third-order valence-corrected chi connectivity index (χ3v) is 3.54. The zero-order valence-corrected chi connectivity index (χ0v) is 10.0. The first-order chi connectivity index (χ1) is 6.79. The minimum Gasteiger partial charge on any atom is -0.481 e. The molecule has 0 bridgehead atoms. The van der Waals surface area contributed by atoms with Crippen LogP contribution in [0.25, 0.3) is 0 Å². The zero-order valence-electron chi connectivity index (χ0n) is 9.23. The molecule has 0 rings (SSSR count). The Labute approximate surface area is 90.5 Å². The number of nitrogens with one attached hydrogen (secondary N) is 1. The average molecular weight is 238 g/mol. The van der Waals surface area contributed by atoms with Crippen LogP contribution in [0.3, 0.4) is 0 Å². The summed E-state index contributed by atoms with van der Waals surface area (Å²) in [5.74, 6) is -1.01. The molecule has 0 spiro atoms. The van der Waals surface area contributed by atoms with E-state index in [9.17, 15) is 13.2 Å². The molecule has 0 heterocycles. The van der Waals surface area contributed by atoms with E-state index in [1.807, 2.05) is 0 Å². The predicted molar refractivity (Wildman–Crippen MR) is 56.7 cm³/mol. The first-order valence-corrected chi connectivity index (χ1v) is 6.22. The van der Waals surface area contributed by atoms with Gasteiger partial charge in [-0.25, -0.2) is 0 Å². The molecule has 0 aromatic heterocycles. The molecule has 90 valence electrons. The van der Waals surface area contributed by atoms with Crippen LogP contribution in [0.4, 0.5) is 0 Å². The van der Waals surface area contributed by atoms with Crippen molar-refractivity contribution in [3.05, 3.63) is 0 Å². The lowest BCUT2D eigenvalue weighted by atomic mass is 10.4. The van der Waals surface area contributed by atoms with Crippen LogP contribution in [0.5, 0.6) is 0 Å². The quantitative estimate of drug-likeness (QED) is 0.655. The largest absolute Gasteiger partial charge is 0.481 e. The fourth-order valence-electron chi connectivity index (χ4n) is 1.04. The van der Waals surface area contributed by atoms with E-state index in [0.29, 0.717) is 0 Å². The van der Waals surface area contributed by atoms with Crippen LogP contribution in [0.1, 0.15) is 27.2 Å². The Morgan fingerprint density at radius 3 is 2.33 bits per heavy atom. The second-order valence-corrected chi connectivity index (χ2v) is 5.12. The molecule has 0 aliphatic carbocycles. The van der Waals surface area contributed by atoms with E-state index < -0.39 is 16.2 Å². The van der Waals surface area contributed by atoms with Gasteiger partial charge in [0.15, 0.2) is 0 Å². The lowest BCUT2D eigenvalue weighted by molar-refractivity contribution is -0.137. The molecule has 2 N–H and O–H groups in total. The lowest BCUT2D eigenvalue weighted by Gasteiger charge is -2.21. The maximum atomic E-state index is 11.6. The molecule has 0 fully saturated rings. The molecule has 0 unspecified atom stereocenters. The van der Waals surface area contributed by atoms with Gasteiger partial charge in [-0.1, -0.05) is 6.92 Å². The molecule has 0 amide bonds. The van der Waals surface area contributed by atoms with Gasteiger partial charge in [-0.3, -0.25) is 4.79 Å². The average Bonchev–Trinajstić information content (AvgIpc) is 2.01. The Morgan fingerprint density at radius 1 is 1.47 bits per heavy atom. The fourth-order valence-corrected chi connectivity index (χ4v) is 2.46. The molecular formula is C8H18N2O4S. The Kier molecular flexibility index (Phi) is 5.77. The summed E-state index contributed by atoms with van der Waals surface area (Å²) in [4.78, 5) is 10.3. The minimum atomic E-state index is -3.55. The number of carbonyl (C=O) groups is 1. The highest BCUT2D eigenvalue weighted by atomic mass is 32.2. The molecule has 6 nitrogen and oxygen atoms in total. The first kappa shape index (κ1) is 14.3. The minimum absolute atomic E-state index is 0.00606. The molecule has 7 heteroatoms. The highest BCUT2D eigenvalue weighted by molar-refractivity contribution is 7.87. The van der Waals surface area contributed by atoms with E-state index in [-0.39, 0.29) is 25.6 Å². The molecule has 0 aromatic rings. The van der Waals surface area contributed by atoms with Crippen LogP contribution in [0, 0.1) is 0 Å². The fraction of sp³-hybridized carbons (Fsp3) is 0.875. The summed E-state index contributed by atoms with van der Waals surface area (Å²) in [6.07, 6.45) is -0.188. The second-order valence-electron chi connectivity index (χ2n) is 3.41. The maximum absolute atomic E-state index is 11.6. The maximum Gasteiger partial charge on any atom is 0.304 e. The van der Waals surface area contributed by atoms with Crippen molar-refractivity contribution in [2.24, 2.45) is 0 Å². The van der Waals surface area contributed by atoms with Crippen molar-refractivity contribution in [2.75, 3.05) is 13.1 Å². The smallest absolute Gasteiger partial charge is 0.304 e. The van der Waals surface area contributed by atoms with Crippen LogP contribution >= 0.6 is 0 Å². The van der Waals surface area contributed by atoms with Crippen molar-refractivity contribution in [1.82, 2.24) is 9.03 Å². The summed E-state index contributed by atoms with van der Waals surface area (Å²) in [5.41, 5.74) is 0. The van der Waals surface area contributed by atoms with Crippen LogP contribution < -0.4 is 4.72 Å². The highest BCUT2D eigenvalue weighted by Crippen LogP contribution is 2.00.